The van der Waals surface area contributed by atoms with Gasteiger partial charge in [-0.15, -0.1) is 0 Å². The van der Waals surface area contributed by atoms with Gasteiger partial charge < -0.3 is 10.0 Å². The van der Waals surface area contributed by atoms with Gasteiger partial charge in [-0.3, -0.25) is 4.79 Å². The van der Waals surface area contributed by atoms with Gasteiger partial charge in [0.15, 0.2) is 0 Å². The Bertz CT molecular complexity index is 842. The van der Waals surface area contributed by atoms with Crippen molar-refractivity contribution in [2.45, 2.75) is 35.4 Å². The van der Waals surface area contributed by atoms with E-state index in [-0.39, 0.29) is 23.1 Å². The van der Waals surface area contributed by atoms with Crippen LogP contribution in [0, 0.1) is 0 Å². The maximum Gasteiger partial charge on any atom is 0.417 e. The summed E-state index contributed by atoms with van der Waals surface area (Å²) in [5.74, 6) is -0.168. The summed E-state index contributed by atoms with van der Waals surface area (Å²) in [7, 11) is 0. The smallest absolute Gasteiger partial charge is 0.392 e. The molecule has 2 aromatic rings. The van der Waals surface area contributed by atoms with E-state index >= 15 is 0 Å². The van der Waals surface area contributed by atoms with Crippen molar-refractivity contribution >= 4 is 35.0 Å². The van der Waals surface area contributed by atoms with Gasteiger partial charge in [-0.05, 0) is 48.4 Å². The summed E-state index contributed by atoms with van der Waals surface area (Å²) in [5, 5.41) is 9.83. The predicted octanol–water partition coefficient (Wildman–Crippen LogP) is 5.13. The van der Waals surface area contributed by atoms with Gasteiger partial charge in [0.1, 0.15) is 0 Å². The fourth-order valence-corrected chi connectivity index (χ4v) is 4.05. The lowest BCUT2D eigenvalue weighted by Crippen LogP contribution is -2.24. The number of carbonyl (C=O) groups is 1. The molecule has 138 valence electrons. The number of amides is 1. The molecule has 0 atom stereocenters. The molecule has 3 nitrogen and oxygen atoms in total. The van der Waals surface area contributed by atoms with Crippen molar-refractivity contribution in [3.05, 3.63) is 52.5 Å². The first-order valence-electron chi connectivity index (χ1n) is 7.88. The highest BCUT2D eigenvalue weighted by molar-refractivity contribution is 7.99. The molecule has 0 unspecified atom stereocenters. The van der Waals surface area contributed by atoms with Crippen molar-refractivity contribution in [2.24, 2.45) is 0 Å². The minimum Gasteiger partial charge on any atom is -0.392 e. The average Bonchev–Trinajstić information content (AvgIpc) is 3.02. The largest absolute Gasteiger partial charge is 0.417 e. The number of alkyl halides is 3. The summed E-state index contributed by atoms with van der Waals surface area (Å²) in [5.41, 5.74) is -0.101. The van der Waals surface area contributed by atoms with E-state index in [1.165, 1.54) is 23.1 Å². The molecule has 0 saturated carbocycles. The van der Waals surface area contributed by atoms with Crippen molar-refractivity contribution < 1.29 is 23.1 Å². The Kier molecular flexibility index (Phi) is 5.50. The Morgan fingerprint density at radius 2 is 1.88 bits per heavy atom. The lowest BCUT2D eigenvalue weighted by atomic mass is 10.2. The molecular formula is C18H15ClF3NO2S. The minimum absolute atomic E-state index is 0.00455. The summed E-state index contributed by atoms with van der Waals surface area (Å²) in [6, 6.07) is 8.57. The summed E-state index contributed by atoms with van der Waals surface area (Å²) in [4.78, 5) is 13.7. The third-order valence-corrected chi connectivity index (χ3v) is 5.50. The van der Waals surface area contributed by atoms with Gasteiger partial charge in [-0.25, -0.2) is 0 Å². The fraction of sp³-hybridized carbons (Fsp3) is 0.278. The van der Waals surface area contributed by atoms with Gasteiger partial charge in [0.2, 0.25) is 5.91 Å². The van der Waals surface area contributed by atoms with Crippen LogP contribution in [-0.4, -0.2) is 17.6 Å². The van der Waals surface area contributed by atoms with Crippen LogP contribution >= 0.6 is 23.4 Å². The van der Waals surface area contributed by atoms with Gasteiger partial charge in [0.25, 0.3) is 0 Å². The van der Waals surface area contributed by atoms with Gasteiger partial charge in [0.05, 0.1) is 12.2 Å². The van der Waals surface area contributed by atoms with Gasteiger partial charge in [-0.1, -0.05) is 23.4 Å². The maximum atomic E-state index is 13.6. The summed E-state index contributed by atoms with van der Waals surface area (Å²) < 4.78 is 40.7. The van der Waals surface area contributed by atoms with Crippen LogP contribution in [0.15, 0.2) is 46.2 Å². The molecule has 1 N–H and O–H groups in total. The first kappa shape index (κ1) is 19.1. The van der Waals surface area contributed by atoms with Crippen molar-refractivity contribution in [1.82, 2.24) is 0 Å². The van der Waals surface area contributed by atoms with Crippen LogP contribution in [0.3, 0.4) is 0 Å². The van der Waals surface area contributed by atoms with Crippen LogP contribution < -0.4 is 4.90 Å². The van der Waals surface area contributed by atoms with E-state index in [4.69, 9.17) is 11.6 Å². The summed E-state index contributed by atoms with van der Waals surface area (Å²) in [6.07, 6.45) is -3.57. The number of anilines is 1. The Hall–Kier alpha value is -1.70. The summed E-state index contributed by atoms with van der Waals surface area (Å²) in [6.45, 7) is 0.0963. The SMILES string of the molecule is O=C1CCCN1c1ccc(Sc2ccc(Cl)cc2CO)c(C(F)(F)F)c1. The molecule has 3 rings (SSSR count). The lowest BCUT2D eigenvalue weighted by molar-refractivity contribution is -0.139. The molecule has 1 aliphatic heterocycles. The number of hydrogen-bond donors (Lipinski definition) is 1. The van der Waals surface area contributed by atoms with Crippen LogP contribution in [0.5, 0.6) is 0 Å². The van der Waals surface area contributed by atoms with Crippen LogP contribution in [0.1, 0.15) is 24.0 Å². The quantitative estimate of drug-likeness (QED) is 0.772. The second kappa shape index (κ2) is 7.50. The molecule has 0 bridgehead atoms. The van der Waals surface area contributed by atoms with Crippen LogP contribution in [0.25, 0.3) is 0 Å². The van der Waals surface area contributed by atoms with Crippen molar-refractivity contribution in [3.8, 4) is 0 Å². The molecule has 26 heavy (non-hydrogen) atoms. The Labute approximate surface area is 157 Å². The van der Waals surface area contributed by atoms with E-state index < -0.39 is 11.7 Å². The zero-order valence-corrected chi connectivity index (χ0v) is 15.1. The number of benzene rings is 2. The molecule has 1 fully saturated rings. The van der Waals surface area contributed by atoms with Crippen molar-refractivity contribution in [1.29, 1.82) is 0 Å². The molecule has 1 saturated heterocycles. The third-order valence-electron chi connectivity index (χ3n) is 4.07. The third kappa shape index (κ3) is 4.00. The fourth-order valence-electron chi connectivity index (χ4n) is 2.81. The second-order valence-electron chi connectivity index (χ2n) is 5.84. The molecule has 0 spiro atoms. The number of aliphatic hydroxyl groups is 1. The Morgan fingerprint density at radius 3 is 2.50 bits per heavy atom. The van der Waals surface area contributed by atoms with E-state index in [9.17, 15) is 23.1 Å². The standard InChI is InChI=1S/C18H15ClF3NO2S/c19-12-3-5-15(11(8-12)10-24)26-16-6-4-13(9-14(16)18(20,21)22)23-7-1-2-17(23)25/h3-6,8-9,24H,1-2,7,10H2. The van der Waals surface area contributed by atoms with Gasteiger partial charge in [-0.2, -0.15) is 13.2 Å². The van der Waals surface area contributed by atoms with E-state index in [0.29, 0.717) is 34.9 Å². The molecule has 1 aliphatic rings. The molecule has 8 heteroatoms. The van der Waals surface area contributed by atoms with Crippen LogP contribution in [0.2, 0.25) is 5.02 Å². The van der Waals surface area contributed by atoms with Crippen LogP contribution in [0.4, 0.5) is 18.9 Å². The van der Waals surface area contributed by atoms with Crippen LogP contribution in [-0.2, 0) is 17.6 Å². The molecule has 1 heterocycles. The molecule has 2 aromatic carbocycles. The highest BCUT2D eigenvalue weighted by Gasteiger charge is 2.35. The molecule has 0 aliphatic carbocycles. The summed E-state index contributed by atoms with van der Waals surface area (Å²) >= 11 is 6.78. The maximum absolute atomic E-state index is 13.6. The Balaban J connectivity index is 2.00. The molecule has 0 aromatic heterocycles. The number of hydrogen-bond acceptors (Lipinski definition) is 3. The minimum atomic E-state index is -4.56. The zero-order valence-electron chi connectivity index (χ0n) is 13.5. The van der Waals surface area contributed by atoms with Gasteiger partial charge >= 0.3 is 6.18 Å². The van der Waals surface area contributed by atoms with E-state index in [2.05, 4.69) is 0 Å². The topological polar surface area (TPSA) is 40.5 Å². The predicted molar refractivity (Wildman–Crippen MR) is 94.5 cm³/mol. The highest BCUT2D eigenvalue weighted by atomic mass is 35.5. The van der Waals surface area contributed by atoms with E-state index in [0.717, 1.165) is 17.8 Å². The monoisotopic (exact) mass is 401 g/mol. The normalized spacial score (nSPS) is 15.0. The van der Waals surface area contributed by atoms with E-state index in [1.54, 1.807) is 12.1 Å². The van der Waals surface area contributed by atoms with Crippen molar-refractivity contribution in [2.75, 3.05) is 11.4 Å². The highest BCUT2D eigenvalue weighted by Crippen LogP contribution is 2.42. The first-order chi connectivity index (χ1) is 12.3. The average molecular weight is 402 g/mol. The lowest BCUT2D eigenvalue weighted by Gasteiger charge is -2.20. The number of aliphatic hydroxyl groups excluding tert-OH is 1. The first-order valence-corrected chi connectivity index (χ1v) is 9.08. The molecule has 1 amide bonds. The molecule has 0 radical (unpaired) electrons. The number of halogens is 4. The Morgan fingerprint density at radius 1 is 1.15 bits per heavy atom. The number of nitrogens with zero attached hydrogens (tertiary/aromatic N) is 1. The number of carbonyl (C=O) groups excluding carboxylic acids is 1. The van der Waals surface area contributed by atoms with E-state index in [1.807, 2.05) is 0 Å². The van der Waals surface area contributed by atoms with Gasteiger partial charge in [0, 0.05) is 33.5 Å². The molecular weight excluding hydrogens is 387 g/mol. The zero-order chi connectivity index (χ0) is 18.9. The second-order valence-corrected chi connectivity index (χ2v) is 7.36. The van der Waals surface area contributed by atoms with Crippen molar-refractivity contribution in [3.63, 3.8) is 0 Å². The number of rotatable bonds is 4.